The van der Waals surface area contributed by atoms with Gasteiger partial charge in [-0.2, -0.15) is 8.42 Å². The third-order valence-corrected chi connectivity index (χ3v) is 11.7. The molecular weight excluding hydrogens is 495 g/mol. The van der Waals surface area contributed by atoms with Gasteiger partial charge in [0, 0.05) is 38.1 Å². The van der Waals surface area contributed by atoms with Crippen molar-refractivity contribution in [2.24, 2.45) is 46.3 Å². The number of halogens is 3. The number of nitrogens with one attached hydrogen (secondary N) is 1. The van der Waals surface area contributed by atoms with Crippen molar-refractivity contribution < 1.29 is 36.0 Å². The second kappa shape index (κ2) is 9.40. The summed E-state index contributed by atoms with van der Waals surface area (Å²) in [6.07, 6.45) is 3.82. The van der Waals surface area contributed by atoms with E-state index in [2.05, 4.69) is 26.1 Å². The van der Waals surface area contributed by atoms with Gasteiger partial charge in [-0.15, -0.1) is 0 Å². The number of rotatable bonds is 7. The largest absolute Gasteiger partial charge is 0.362 e. The van der Waals surface area contributed by atoms with Crippen molar-refractivity contribution >= 4 is 16.0 Å². The molecule has 0 aromatic heterocycles. The fourth-order valence-corrected chi connectivity index (χ4v) is 9.41. The third kappa shape index (κ3) is 5.20. The number of hydrogen-bond donors (Lipinski definition) is 3. The van der Waals surface area contributed by atoms with Crippen LogP contribution in [0.1, 0.15) is 85.0 Å². The first-order valence-corrected chi connectivity index (χ1v) is 15.1. The molecule has 208 valence electrons. The van der Waals surface area contributed by atoms with E-state index >= 15 is 8.78 Å². The van der Waals surface area contributed by atoms with E-state index < -0.39 is 39.5 Å². The van der Waals surface area contributed by atoms with Crippen LogP contribution in [0.25, 0.3) is 0 Å². The van der Waals surface area contributed by atoms with Crippen molar-refractivity contribution in [3.63, 3.8) is 0 Å². The fraction of sp³-hybridized carbons (Fsp3) is 0.962. The van der Waals surface area contributed by atoms with Gasteiger partial charge in [-0.1, -0.05) is 20.8 Å². The molecule has 4 aliphatic rings. The van der Waals surface area contributed by atoms with Gasteiger partial charge in [0.15, 0.2) is 0 Å². The van der Waals surface area contributed by atoms with Gasteiger partial charge in [-0.25, -0.2) is 13.2 Å². The molecule has 0 aromatic rings. The Labute approximate surface area is 212 Å². The maximum atomic E-state index is 15.8. The number of carbonyl (C=O) groups is 1. The molecule has 1 amide bonds. The lowest BCUT2D eigenvalue weighted by Crippen LogP contribution is -2.61. The molecule has 4 aliphatic carbocycles. The summed E-state index contributed by atoms with van der Waals surface area (Å²) in [7, 11) is -4.13. The molecule has 6 nitrogen and oxygen atoms in total. The SMILES string of the molecule is CC(CCC(=O)NCCS(=O)(=O)O)C1CCC2C3C(CCC12C)C1(C)CCC(O)(F)CC1CC3(F)F. The molecule has 9 unspecified atom stereocenters. The predicted octanol–water partition coefficient (Wildman–Crippen LogP) is 4.97. The number of fused-ring (bicyclic) bond motifs is 5. The number of carbonyl (C=O) groups excluding carboxylic acids is 1. The molecule has 3 N–H and O–H groups in total. The van der Waals surface area contributed by atoms with Gasteiger partial charge in [0.25, 0.3) is 16.0 Å². The zero-order valence-corrected chi connectivity index (χ0v) is 22.4. The number of amides is 1. The number of hydrogen-bond acceptors (Lipinski definition) is 4. The van der Waals surface area contributed by atoms with E-state index in [1.807, 2.05) is 0 Å². The molecule has 4 saturated carbocycles. The highest BCUT2D eigenvalue weighted by molar-refractivity contribution is 7.85. The second-order valence-corrected chi connectivity index (χ2v) is 14.5. The van der Waals surface area contributed by atoms with E-state index in [0.717, 1.165) is 19.3 Å². The van der Waals surface area contributed by atoms with Gasteiger partial charge in [0.1, 0.15) is 0 Å². The molecule has 0 bridgehead atoms. The molecule has 4 fully saturated rings. The lowest BCUT2D eigenvalue weighted by molar-refractivity contribution is -0.259. The van der Waals surface area contributed by atoms with Crippen molar-refractivity contribution in [2.45, 2.75) is 96.8 Å². The van der Waals surface area contributed by atoms with Crippen molar-refractivity contribution in [1.82, 2.24) is 5.32 Å². The maximum absolute atomic E-state index is 15.8. The van der Waals surface area contributed by atoms with Crippen molar-refractivity contribution in [1.29, 1.82) is 0 Å². The van der Waals surface area contributed by atoms with Crippen LogP contribution in [-0.4, -0.2) is 48.1 Å². The summed E-state index contributed by atoms with van der Waals surface area (Å²) in [5.41, 5.74) is -0.625. The summed E-state index contributed by atoms with van der Waals surface area (Å²) >= 11 is 0. The van der Waals surface area contributed by atoms with Crippen LogP contribution in [-0.2, 0) is 14.9 Å². The number of aliphatic hydroxyl groups is 1. The molecule has 0 spiro atoms. The van der Waals surface area contributed by atoms with E-state index in [1.54, 1.807) is 0 Å². The van der Waals surface area contributed by atoms with Crippen LogP contribution in [0.4, 0.5) is 13.2 Å². The molecule has 0 saturated heterocycles. The molecule has 36 heavy (non-hydrogen) atoms. The van der Waals surface area contributed by atoms with Gasteiger partial charge >= 0.3 is 0 Å². The van der Waals surface area contributed by atoms with Crippen LogP contribution in [0.2, 0.25) is 0 Å². The van der Waals surface area contributed by atoms with Crippen molar-refractivity contribution in [2.75, 3.05) is 12.3 Å². The first kappa shape index (κ1) is 28.1. The van der Waals surface area contributed by atoms with Gasteiger partial charge < -0.3 is 10.4 Å². The maximum Gasteiger partial charge on any atom is 0.266 e. The smallest absolute Gasteiger partial charge is 0.266 e. The first-order valence-electron chi connectivity index (χ1n) is 13.5. The topological polar surface area (TPSA) is 104 Å². The van der Waals surface area contributed by atoms with Gasteiger partial charge in [0.2, 0.25) is 11.8 Å². The second-order valence-electron chi connectivity index (χ2n) is 12.9. The number of alkyl halides is 3. The van der Waals surface area contributed by atoms with Gasteiger partial charge in [0.05, 0.1) is 5.75 Å². The average molecular weight is 538 g/mol. The van der Waals surface area contributed by atoms with Gasteiger partial charge in [-0.3, -0.25) is 9.35 Å². The Hall–Kier alpha value is -0.870. The summed E-state index contributed by atoms with van der Waals surface area (Å²) in [5, 5.41) is 12.5. The Morgan fingerprint density at radius 1 is 1.03 bits per heavy atom. The van der Waals surface area contributed by atoms with Crippen LogP contribution >= 0.6 is 0 Å². The van der Waals surface area contributed by atoms with Crippen LogP contribution in [0.5, 0.6) is 0 Å². The lowest BCUT2D eigenvalue weighted by atomic mass is 9.43. The van der Waals surface area contributed by atoms with E-state index in [9.17, 15) is 22.7 Å². The quantitative estimate of drug-likeness (QED) is 0.398. The Balaban J connectivity index is 1.44. The molecule has 0 radical (unpaired) electrons. The Morgan fingerprint density at radius 2 is 1.69 bits per heavy atom. The van der Waals surface area contributed by atoms with Crippen LogP contribution in [0, 0.1) is 46.3 Å². The molecule has 0 heterocycles. The van der Waals surface area contributed by atoms with E-state index in [4.69, 9.17) is 4.55 Å². The lowest BCUT2D eigenvalue weighted by Gasteiger charge is -2.63. The molecule has 0 aliphatic heterocycles. The molecule has 9 atom stereocenters. The summed E-state index contributed by atoms with van der Waals surface area (Å²) in [4.78, 5) is 12.2. The standard InChI is InChI=1S/C26H42F3NO5S/c1-16(4-7-21(31)30-12-13-36(33,34)35)18-5-6-19-22-20(8-9-24(18,19)3)23(2)10-11-25(27,32)14-17(23)15-26(22,28)29/h16-20,22,32H,4-15H2,1-3H3,(H,30,31)(H,33,34,35). The summed E-state index contributed by atoms with van der Waals surface area (Å²) < 4.78 is 76.4. The van der Waals surface area contributed by atoms with Crippen molar-refractivity contribution in [3.05, 3.63) is 0 Å². The Bertz CT molecular complexity index is 959. The van der Waals surface area contributed by atoms with Crippen LogP contribution in [0.15, 0.2) is 0 Å². The molecule has 10 heteroatoms. The van der Waals surface area contributed by atoms with E-state index in [-0.39, 0.29) is 72.6 Å². The Morgan fingerprint density at radius 3 is 2.36 bits per heavy atom. The third-order valence-electron chi connectivity index (χ3n) is 10.9. The minimum Gasteiger partial charge on any atom is -0.362 e. The van der Waals surface area contributed by atoms with E-state index in [1.165, 1.54) is 0 Å². The van der Waals surface area contributed by atoms with Crippen LogP contribution in [0.3, 0.4) is 0 Å². The normalized spacial score (nSPS) is 44.7. The van der Waals surface area contributed by atoms with Crippen molar-refractivity contribution in [3.8, 4) is 0 Å². The summed E-state index contributed by atoms with van der Waals surface area (Å²) in [6, 6.07) is 0. The van der Waals surface area contributed by atoms with E-state index in [0.29, 0.717) is 19.3 Å². The zero-order valence-electron chi connectivity index (χ0n) is 21.6. The minimum atomic E-state index is -4.13. The summed E-state index contributed by atoms with van der Waals surface area (Å²) in [5.74, 6) is -7.22. The Kier molecular flexibility index (Phi) is 7.35. The average Bonchev–Trinajstić information content (AvgIpc) is 3.09. The fourth-order valence-electron chi connectivity index (χ4n) is 9.05. The molecule has 0 aromatic carbocycles. The minimum absolute atomic E-state index is 0.0166. The van der Waals surface area contributed by atoms with Crippen LogP contribution < -0.4 is 5.32 Å². The highest BCUT2D eigenvalue weighted by atomic mass is 32.2. The molecular formula is C26H42F3NO5S. The van der Waals surface area contributed by atoms with Gasteiger partial charge in [-0.05, 0) is 78.9 Å². The first-order chi connectivity index (χ1) is 16.5. The zero-order chi connectivity index (χ0) is 26.7. The monoisotopic (exact) mass is 537 g/mol. The highest BCUT2D eigenvalue weighted by Gasteiger charge is 2.69. The molecule has 4 rings (SSSR count). The highest BCUT2D eigenvalue weighted by Crippen LogP contribution is 2.71. The summed E-state index contributed by atoms with van der Waals surface area (Å²) in [6.45, 7) is 6.14. The predicted molar refractivity (Wildman–Crippen MR) is 129 cm³/mol.